The van der Waals surface area contributed by atoms with Crippen molar-refractivity contribution in [1.29, 1.82) is 5.26 Å². The third-order valence-corrected chi connectivity index (χ3v) is 4.11. The van der Waals surface area contributed by atoms with Gasteiger partial charge in [0.15, 0.2) is 0 Å². The Hall–Kier alpha value is -2.42. The van der Waals surface area contributed by atoms with Gasteiger partial charge in [0, 0.05) is 50.1 Å². The number of anilines is 1. The van der Waals surface area contributed by atoms with E-state index in [0.717, 1.165) is 56.0 Å². The number of aromatic amines is 1. The fraction of sp³-hybridized carbons (Fsp3) is 0.529. The van der Waals surface area contributed by atoms with Crippen molar-refractivity contribution in [2.75, 3.05) is 31.9 Å². The van der Waals surface area contributed by atoms with Gasteiger partial charge in [-0.15, -0.1) is 0 Å². The molecule has 0 atom stereocenters. The molecule has 1 aliphatic heterocycles. The Morgan fingerprint density at radius 2 is 2.30 bits per heavy atom. The fourth-order valence-electron chi connectivity index (χ4n) is 2.67. The number of hydrazone groups is 1. The largest absolute Gasteiger partial charge is 0.385 e. The molecule has 0 aromatic carbocycles. The molecule has 6 heteroatoms. The van der Waals surface area contributed by atoms with Gasteiger partial charge in [0.1, 0.15) is 5.82 Å². The molecule has 0 spiro atoms. The van der Waals surface area contributed by atoms with Crippen LogP contribution in [0.5, 0.6) is 0 Å². The van der Waals surface area contributed by atoms with Crippen molar-refractivity contribution in [2.45, 2.75) is 26.7 Å². The van der Waals surface area contributed by atoms with Crippen LogP contribution in [0, 0.1) is 17.2 Å². The van der Waals surface area contributed by atoms with E-state index in [-0.39, 0.29) is 5.92 Å². The summed E-state index contributed by atoms with van der Waals surface area (Å²) < 4.78 is 0. The molecule has 3 N–H and O–H groups in total. The number of aromatic nitrogens is 1. The zero-order valence-electron chi connectivity index (χ0n) is 14.0. The number of rotatable bonds is 8. The third kappa shape index (κ3) is 4.28. The normalized spacial score (nSPS) is 15.2. The Balaban J connectivity index is 1.90. The molecule has 0 amide bonds. The molecule has 0 saturated carbocycles. The molecule has 0 radical (unpaired) electrons. The van der Waals surface area contributed by atoms with Crippen LogP contribution in [-0.2, 0) is 0 Å². The maximum Gasteiger partial charge on any atom is 0.109 e. The Morgan fingerprint density at radius 3 is 2.87 bits per heavy atom. The second-order valence-corrected chi connectivity index (χ2v) is 5.99. The first-order valence-electron chi connectivity index (χ1n) is 8.10. The topological polar surface area (TPSA) is 84.4 Å². The van der Waals surface area contributed by atoms with Crippen LogP contribution in [0.3, 0.4) is 0 Å². The second-order valence-electron chi connectivity index (χ2n) is 5.99. The highest BCUT2D eigenvalue weighted by atomic mass is 15.4. The Morgan fingerprint density at radius 1 is 1.57 bits per heavy atom. The summed E-state index contributed by atoms with van der Waals surface area (Å²) in [6, 6.07) is 4.23. The van der Waals surface area contributed by atoms with Crippen LogP contribution in [0.15, 0.2) is 29.6 Å². The lowest BCUT2D eigenvalue weighted by atomic mass is 10.0. The average Bonchev–Trinajstić information content (AvgIpc) is 2.90. The highest BCUT2D eigenvalue weighted by molar-refractivity contribution is 6.02. The molecule has 1 saturated heterocycles. The van der Waals surface area contributed by atoms with Gasteiger partial charge in [0.05, 0.1) is 17.7 Å². The summed E-state index contributed by atoms with van der Waals surface area (Å²) in [6.45, 7) is 11.6. The van der Waals surface area contributed by atoms with E-state index in [1.165, 1.54) is 0 Å². The number of nitrogens with zero attached hydrogens (tertiary/aromatic N) is 4. The zero-order chi connectivity index (χ0) is 16.8. The number of nitrogens with two attached hydrogens (primary N) is 1. The van der Waals surface area contributed by atoms with E-state index in [1.54, 1.807) is 0 Å². The molecule has 2 rings (SSSR count). The Bertz CT molecular complexity index is 603. The molecular formula is C17H26N6. The van der Waals surface area contributed by atoms with E-state index >= 15 is 0 Å². The first kappa shape index (κ1) is 16.9. The van der Waals surface area contributed by atoms with Gasteiger partial charge in [0.25, 0.3) is 0 Å². The number of nitrogen functional groups attached to an aromatic ring is 1. The SMILES string of the molecule is C=C(CCN(CCC)N=C(C)c1cc[nH]c1N)N1CC(C#N)C1. The molecule has 1 aromatic rings. The van der Waals surface area contributed by atoms with Gasteiger partial charge in [-0.3, -0.25) is 5.01 Å². The predicted octanol–water partition coefficient (Wildman–Crippen LogP) is 2.39. The average molecular weight is 314 g/mol. The lowest BCUT2D eigenvalue weighted by molar-refractivity contribution is 0.171. The van der Waals surface area contributed by atoms with E-state index in [2.05, 4.69) is 34.5 Å². The molecule has 0 bridgehead atoms. The van der Waals surface area contributed by atoms with Gasteiger partial charge >= 0.3 is 0 Å². The third-order valence-electron chi connectivity index (χ3n) is 4.11. The number of H-pyrrole nitrogens is 1. The summed E-state index contributed by atoms with van der Waals surface area (Å²) in [5, 5.41) is 15.6. The van der Waals surface area contributed by atoms with Crippen molar-refractivity contribution < 1.29 is 0 Å². The van der Waals surface area contributed by atoms with Crippen LogP contribution in [0.1, 0.15) is 32.3 Å². The summed E-state index contributed by atoms with van der Waals surface area (Å²) >= 11 is 0. The van der Waals surface area contributed by atoms with Gasteiger partial charge in [-0.2, -0.15) is 10.4 Å². The van der Waals surface area contributed by atoms with Gasteiger partial charge in [0.2, 0.25) is 0 Å². The second kappa shape index (κ2) is 7.73. The van der Waals surface area contributed by atoms with Gasteiger partial charge in [-0.05, 0) is 19.4 Å². The van der Waals surface area contributed by atoms with E-state index in [1.807, 2.05) is 19.2 Å². The van der Waals surface area contributed by atoms with E-state index in [0.29, 0.717) is 5.82 Å². The molecule has 0 aliphatic carbocycles. The molecule has 23 heavy (non-hydrogen) atoms. The maximum absolute atomic E-state index is 8.84. The highest BCUT2D eigenvalue weighted by Crippen LogP contribution is 2.21. The van der Waals surface area contributed by atoms with Crippen LogP contribution in [0.2, 0.25) is 0 Å². The Kier molecular flexibility index (Phi) is 5.69. The van der Waals surface area contributed by atoms with Crippen LogP contribution in [0.25, 0.3) is 0 Å². The zero-order valence-corrected chi connectivity index (χ0v) is 14.0. The summed E-state index contributed by atoms with van der Waals surface area (Å²) in [7, 11) is 0. The minimum Gasteiger partial charge on any atom is -0.385 e. The minimum absolute atomic E-state index is 0.162. The molecule has 1 aromatic heterocycles. The quantitative estimate of drug-likeness (QED) is 0.570. The maximum atomic E-state index is 8.84. The van der Waals surface area contributed by atoms with Crippen molar-refractivity contribution in [1.82, 2.24) is 14.9 Å². The van der Waals surface area contributed by atoms with Crippen molar-refractivity contribution in [3.05, 3.63) is 30.1 Å². The summed E-state index contributed by atoms with van der Waals surface area (Å²) in [5.74, 6) is 0.811. The van der Waals surface area contributed by atoms with Gasteiger partial charge < -0.3 is 15.6 Å². The molecular weight excluding hydrogens is 288 g/mol. The molecule has 1 fully saturated rings. The number of likely N-dealkylation sites (tertiary alicyclic amines) is 1. The predicted molar refractivity (Wildman–Crippen MR) is 93.7 cm³/mol. The molecule has 124 valence electrons. The van der Waals surface area contributed by atoms with Crippen LogP contribution in [0.4, 0.5) is 5.82 Å². The minimum atomic E-state index is 0.162. The summed E-state index contributed by atoms with van der Waals surface area (Å²) in [4.78, 5) is 5.16. The lowest BCUT2D eigenvalue weighted by Crippen LogP contribution is -2.45. The molecule has 0 unspecified atom stereocenters. The number of nitrogens with one attached hydrogen (secondary N) is 1. The summed E-state index contributed by atoms with van der Waals surface area (Å²) in [5.41, 5.74) is 8.85. The number of hydrogen-bond donors (Lipinski definition) is 2. The standard InChI is InChI=1S/C17H26N6/c1-4-8-23(21-14(3)16-5-7-20-17(16)19)9-6-13(2)22-11-15(10-18)12-22/h5,7,15,20H,2,4,6,8-9,11-12,19H2,1,3H3. The Labute approximate surface area is 138 Å². The first-order chi connectivity index (χ1) is 11.0. The lowest BCUT2D eigenvalue weighted by Gasteiger charge is -2.39. The number of nitriles is 1. The molecule has 2 heterocycles. The van der Waals surface area contributed by atoms with Crippen molar-refractivity contribution >= 4 is 11.5 Å². The highest BCUT2D eigenvalue weighted by Gasteiger charge is 2.27. The van der Waals surface area contributed by atoms with E-state index < -0.39 is 0 Å². The van der Waals surface area contributed by atoms with Gasteiger partial charge in [-0.1, -0.05) is 13.5 Å². The summed E-state index contributed by atoms with van der Waals surface area (Å²) in [6.07, 6.45) is 3.72. The van der Waals surface area contributed by atoms with Crippen LogP contribution < -0.4 is 5.73 Å². The smallest absolute Gasteiger partial charge is 0.109 e. The fourth-order valence-corrected chi connectivity index (χ4v) is 2.67. The molecule has 6 nitrogen and oxygen atoms in total. The van der Waals surface area contributed by atoms with Crippen molar-refractivity contribution in [3.8, 4) is 6.07 Å². The monoisotopic (exact) mass is 314 g/mol. The van der Waals surface area contributed by atoms with E-state index in [9.17, 15) is 0 Å². The first-order valence-corrected chi connectivity index (χ1v) is 8.10. The van der Waals surface area contributed by atoms with Gasteiger partial charge in [-0.25, -0.2) is 0 Å². The van der Waals surface area contributed by atoms with Crippen molar-refractivity contribution in [2.24, 2.45) is 11.0 Å². The van der Waals surface area contributed by atoms with E-state index in [4.69, 9.17) is 16.1 Å². The van der Waals surface area contributed by atoms with Crippen LogP contribution >= 0.6 is 0 Å². The van der Waals surface area contributed by atoms with Crippen molar-refractivity contribution in [3.63, 3.8) is 0 Å². The number of hydrogen-bond acceptors (Lipinski definition) is 5. The molecule has 1 aliphatic rings. The van der Waals surface area contributed by atoms with Crippen LogP contribution in [-0.4, -0.2) is 46.8 Å².